The van der Waals surface area contributed by atoms with Crippen molar-refractivity contribution >= 4 is 17.9 Å². The van der Waals surface area contributed by atoms with Crippen molar-refractivity contribution in [3.05, 3.63) is 219 Å². The molecule has 0 aliphatic heterocycles. The molecule has 0 heterocycles. The Bertz CT molecular complexity index is 2510. The van der Waals surface area contributed by atoms with Crippen LogP contribution in [0.5, 0.6) is 0 Å². The highest BCUT2D eigenvalue weighted by Gasteiger charge is 2.22. The molecule has 0 rings (SSSR count). The third-order valence-electron chi connectivity index (χ3n) is 16.7. The number of hydrogen-bond acceptors (Lipinski definition) is 8. The first-order chi connectivity index (χ1) is 50.6. The van der Waals surface area contributed by atoms with Gasteiger partial charge in [0.1, 0.15) is 13.2 Å². The normalized spacial score (nSPS) is 13.8. The second-order valence-electron chi connectivity index (χ2n) is 27.6. The quantitative estimate of drug-likeness (QED) is 0.0195. The number of aliphatic carboxylic acids is 1. The lowest BCUT2D eigenvalue weighted by Crippen LogP contribution is -2.44. The number of rotatable bonds is 73. The van der Waals surface area contributed by atoms with E-state index in [0.717, 1.165) is 154 Å². The number of carboxylic acids is 1. The van der Waals surface area contributed by atoms with Crippen molar-refractivity contribution in [3.63, 3.8) is 0 Å². The zero-order valence-electron chi connectivity index (χ0n) is 66.1. The highest BCUT2D eigenvalue weighted by atomic mass is 16.7. The summed E-state index contributed by atoms with van der Waals surface area (Å²) in [7, 11) is 5.91. The number of esters is 2. The Morgan fingerprint density at radius 2 is 0.524 bits per heavy atom. The van der Waals surface area contributed by atoms with E-state index in [9.17, 15) is 19.5 Å². The molecule has 578 valence electrons. The summed E-state index contributed by atoms with van der Waals surface area (Å²) in [5, 5.41) is 11.9. The van der Waals surface area contributed by atoms with Crippen LogP contribution in [-0.4, -0.2) is 82.3 Å². The van der Waals surface area contributed by atoms with Gasteiger partial charge in [0, 0.05) is 12.8 Å². The summed E-state index contributed by atoms with van der Waals surface area (Å²) in [5.74, 6) is -2.34. The van der Waals surface area contributed by atoms with E-state index < -0.39 is 24.3 Å². The molecule has 0 radical (unpaired) electrons. The minimum absolute atomic E-state index is 0.131. The maximum atomic E-state index is 13.0. The highest BCUT2D eigenvalue weighted by molar-refractivity contribution is 5.70. The molecule has 0 bridgehead atoms. The zero-order chi connectivity index (χ0) is 74.6. The number of carbonyl (C=O) groups is 3. The molecule has 0 amide bonds. The molecule has 0 aliphatic carbocycles. The van der Waals surface area contributed by atoms with Crippen LogP contribution in [0.25, 0.3) is 0 Å². The molecule has 9 nitrogen and oxygen atoms in total. The van der Waals surface area contributed by atoms with Gasteiger partial charge in [-0.25, -0.2) is 0 Å². The predicted octanol–water partition coefficient (Wildman–Crippen LogP) is 25.5. The van der Waals surface area contributed by atoms with Gasteiger partial charge >= 0.3 is 11.9 Å². The van der Waals surface area contributed by atoms with Crippen molar-refractivity contribution < 1.29 is 42.9 Å². The van der Waals surface area contributed by atoms with Crippen LogP contribution < -0.4 is 5.11 Å². The molecule has 0 saturated heterocycles. The summed E-state index contributed by atoms with van der Waals surface area (Å²) in [6.45, 7) is 4.47. The third-order valence-corrected chi connectivity index (χ3v) is 16.7. The number of quaternary nitrogens is 1. The van der Waals surface area contributed by atoms with Crippen molar-refractivity contribution in [3.8, 4) is 0 Å². The molecule has 0 fully saturated rings. The number of allylic oxidation sites excluding steroid dienone is 36. The number of nitrogens with zero attached hydrogens (tertiary/aromatic N) is 1. The Morgan fingerprint density at radius 3 is 0.786 bits per heavy atom. The fourth-order valence-electron chi connectivity index (χ4n) is 10.6. The second kappa shape index (κ2) is 81.3. The Balaban J connectivity index is 4.14. The fourth-order valence-corrected chi connectivity index (χ4v) is 10.6. The number of unbranched alkanes of at least 4 members (excludes halogenated alkanes) is 22. The Hall–Kier alpha value is -6.39. The van der Waals surface area contributed by atoms with Crippen LogP contribution in [0.1, 0.15) is 296 Å². The number of ether oxygens (including phenoxy) is 4. The molecule has 0 aromatic carbocycles. The molecule has 0 aromatic rings. The molecule has 0 saturated carbocycles. The van der Waals surface area contributed by atoms with E-state index in [1.165, 1.54) is 109 Å². The molecule has 9 heteroatoms. The van der Waals surface area contributed by atoms with Crippen LogP contribution in [0.15, 0.2) is 219 Å². The molecule has 2 unspecified atom stereocenters. The zero-order valence-corrected chi connectivity index (χ0v) is 66.1. The topological polar surface area (TPSA) is 111 Å². The number of hydrogen-bond donors (Lipinski definition) is 0. The molecule has 0 aromatic heterocycles. The van der Waals surface area contributed by atoms with Gasteiger partial charge in [-0.3, -0.25) is 9.59 Å². The fraction of sp³-hybridized carbons (Fsp3) is 0.585. The van der Waals surface area contributed by atoms with E-state index in [-0.39, 0.29) is 38.6 Å². The van der Waals surface area contributed by atoms with Crippen molar-refractivity contribution in [2.24, 2.45) is 0 Å². The maximum Gasteiger partial charge on any atom is 0.306 e. The minimum Gasteiger partial charge on any atom is -0.545 e. The van der Waals surface area contributed by atoms with Crippen molar-refractivity contribution in [1.82, 2.24) is 0 Å². The van der Waals surface area contributed by atoms with E-state index in [2.05, 4.69) is 233 Å². The summed E-state index contributed by atoms with van der Waals surface area (Å²) in [5.41, 5.74) is 0. The first kappa shape index (κ1) is 96.6. The van der Waals surface area contributed by atoms with Gasteiger partial charge in [0.25, 0.3) is 0 Å². The van der Waals surface area contributed by atoms with E-state index in [0.29, 0.717) is 17.4 Å². The Morgan fingerprint density at radius 1 is 0.291 bits per heavy atom. The molecule has 103 heavy (non-hydrogen) atoms. The first-order valence-electron chi connectivity index (χ1n) is 40.9. The van der Waals surface area contributed by atoms with Gasteiger partial charge in [-0.05, 0) is 154 Å². The van der Waals surface area contributed by atoms with Gasteiger partial charge in [0.2, 0.25) is 0 Å². The van der Waals surface area contributed by atoms with Gasteiger partial charge in [0.05, 0.1) is 40.3 Å². The van der Waals surface area contributed by atoms with Gasteiger partial charge in [-0.1, -0.05) is 348 Å². The van der Waals surface area contributed by atoms with Crippen LogP contribution in [0, 0.1) is 0 Å². The summed E-state index contributed by atoms with van der Waals surface area (Å²) in [4.78, 5) is 37.6. The van der Waals surface area contributed by atoms with Gasteiger partial charge < -0.3 is 33.3 Å². The summed E-state index contributed by atoms with van der Waals surface area (Å²) in [6, 6.07) is 0. The largest absolute Gasteiger partial charge is 0.545 e. The lowest BCUT2D eigenvalue weighted by atomic mass is 10.0. The lowest BCUT2D eigenvalue weighted by Gasteiger charge is -2.26. The van der Waals surface area contributed by atoms with Gasteiger partial charge in [0.15, 0.2) is 12.4 Å². The van der Waals surface area contributed by atoms with E-state index in [1.807, 2.05) is 21.1 Å². The average molecular weight is 1420 g/mol. The summed E-state index contributed by atoms with van der Waals surface area (Å²) >= 11 is 0. The summed E-state index contributed by atoms with van der Waals surface area (Å²) in [6.07, 6.45) is 125. The van der Waals surface area contributed by atoms with Gasteiger partial charge in [-0.15, -0.1) is 0 Å². The molecule has 0 N–H and O–H groups in total. The third kappa shape index (κ3) is 82.8. The molecule has 2 atom stereocenters. The Labute approximate surface area is 632 Å². The lowest BCUT2D eigenvalue weighted by molar-refractivity contribution is -0.870. The van der Waals surface area contributed by atoms with Crippen LogP contribution in [0.2, 0.25) is 0 Å². The molecule has 0 aliphatic rings. The van der Waals surface area contributed by atoms with Crippen LogP contribution >= 0.6 is 0 Å². The van der Waals surface area contributed by atoms with E-state index >= 15 is 0 Å². The molecular formula is C94H149NO8. The number of carbonyl (C=O) groups excluding carboxylic acids is 3. The van der Waals surface area contributed by atoms with E-state index in [1.54, 1.807) is 0 Å². The monoisotopic (exact) mass is 1420 g/mol. The van der Waals surface area contributed by atoms with Crippen LogP contribution in [-0.2, 0) is 33.3 Å². The molecule has 0 spiro atoms. The van der Waals surface area contributed by atoms with Gasteiger partial charge in [-0.2, -0.15) is 0 Å². The average Bonchev–Trinajstić information content (AvgIpc) is 1.16. The molecular weight excluding hydrogens is 1270 g/mol. The maximum absolute atomic E-state index is 13.0. The Kier molecular flexibility index (Phi) is 76.2. The van der Waals surface area contributed by atoms with Crippen LogP contribution in [0.3, 0.4) is 0 Å². The van der Waals surface area contributed by atoms with Crippen LogP contribution in [0.4, 0.5) is 0 Å². The number of carboxylic acid groups (broad SMARTS) is 1. The second-order valence-corrected chi connectivity index (χ2v) is 27.6. The first-order valence-corrected chi connectivity index (χ1v) is 40.9. The standard InChI is InChI=1S/C94H149NO8/c1-6-8-10-12-14-16-18-20-22-24-26-28-30-32-34-36-38-40-42-44-45-46-47-49-50-52-54-56-58-60-62-64-66-68-70-72-74-76-78-80-82-84-91(96)101-88-90(89-102-94(93(98)99)100-87-86-95(3,4)5)103-92(97)85-83-81-79-77-75-73-71-69-67-65-63-61-59-57-55-53-51-48-43-41-39-37-35-33-31-29-27-25-23-21-19-17-15-13-11-9-7-2/h8-11,14-17,20-23,26-29,32-35,38-41,44-45,48,51,55,57,61,63,67,69,73,75,90,94H,6-7,12-13,18-19,24-25,30-31,36-37,42-43,46-47,49-50,52-54,56,58-60,62,64-66,68,70-72,74,76-89H2,1-5H3/b10-8-,11-9-,16-14-,17-15-,22-20-,23-21-,28-26-,29-27-,34-32-,35-33-,40-38-,41-39-,45-44-,51-48-,57-55-,63-61-,69-67-,75-73-. The predicted molar refractivity (Wildman–Crippen MR) is 443 cm³/mol. The number of likely N-dealkylation sites (N-methyl/N-ethyl adjacent to an activating group) is 1. The van der Waals surface area contributed by atoms with E-state index in [4.69, 9.17) is 18.9 Å². The minimum atomic E-state index is -1.65. The van der Waals surface area contributed by atoms with Crippen molar-refractivity contribution in [2.75, 3.05) is 47.5 Å². The smallest absolute Gasteiger partial charge is 0.306 e. The highest BCUT2D eigenvalue weighted by Crippen LogP contribution is 2.17. The summed E-state index contributed by atoms with van der Waals surface area (Å²) < 4.78 is 22.8. The van der Waals surface area contributed by atoms with Crippen molar-refractivity contribution in [1.29, 1.82) is 0 Å². The van der Waals surface area contributed by atoms with Crippen molar-refractivity contribution in [2.45, 2.75) is 309 Å². The SMILES string of the molecule is CC/C=C\C/C=C\C/C=C\C/C=C\C/C=C\C/C=C\C/C=C\C/C=C\C/C=C\C/C=C\C/C=C\CCCCCC(=O)OC(COC(=O)CCCCCCCCCCCCCCCCCCCCC/C=C\C/C=C\C/C=C\C/C=C\C/C=C\C/C=C\C/C=C\CC)COC(OCC[N+](C)(C)C)C(=O)[O-].